The van der Waals surface area contributed by atoms with Gasteiger partial charge in [0, 0.05) is 11.7 Å². The fourth-order valence-electron chi connectivity index (χ4n) is 2.56. The maximum absolute atomic E-state index is 12.1. The van der Waals surface area contributed by atoms with E-state index in [2.05, 4.69) is 10.6 Å². The number of benzene rings is 2. The molecule has 2 aromatic carbocycles. The zero-order valence-corrected chi connectivity index (χ0v) is 17.2. The van der Waals surface area contributed by atoms with Crippen molar-refractivity contribution in [1.29, 1.82) is 0 Å². The van der Waals surface area contributed by atoms with Gasteiger partial charge >= 0.3 is 6.03 Å². The number of imide groups is 1. The Kier molecular flexibility index (Phi) is 7.32. The molecule has 0 saturated heterocycles. The first-order valence-corrected chi connectivity index (χ1v) is 10.2. The summed E-state index contributed by atoms with van der Waals surface area (Å²) in [5.41, 5.74) is 1.32. The molecule has 0 aliphatic heterocycles. The Morgan fingerprint density at radius 2 is 1.69 bits per heavy atom. The summed E-state index contributed by atoms with van der Waals surface area (Å²) in [5.74, 6) is 0.172. The molecule has 0 aromatic heterocycles. The van der Waals surface area contributed by atoms with Gasteiger partial charge < -0.3 is 10.1 Å². The fraction of sp³-hybridized carbons (Fsp3) is 0.263. The molecule has 2 rings (SSSR count). The molecule has 0 bridgehead atoms. The van der Waals surface area contributed by atoms with Crippen LogP contribution in [0.15, 0.2) is 53.4 Å². The van der Waals surface area contributed by atoms with Gasteiger partial charge in [-0.15, -0.1) is 0 Å². The van der Waals surface area contributed by atoms with Crippen LogP contribution in [0, 0.1) is 0 Å². The Labute approximate surface area is 169 Å². The molecule has 29 heavy (non-hydrogen) atoms. The molecule has 156 valence electrons. The third-order valence-electron chi connectivity index (χ3n) is 4.35. The lowest BCUT2D eigenvalue weighted by molar-refractivity contribution is -0.121. The van der Waals surface area contributed by atoms with Crippen molar-refractivity contribution in [3.8, 4) is 5.75 Å². The minimum Gasteiger partial charge on any atom is -0.497 e. The number of hydrogen-bond donors (Lipinski definition) is 3. The molecular weight excluding hydrogens is 396 g/mol. The number of nitrogens with two attached hydrogens (primary N) is 1. The normalized spacial score (nSPS) is 12.3. The van der Waals surface area contributed by atoms with Gasteiger partial charge in [0.1, 0.15) is 5.75 Å². The Hall–Kier alpha value is -2.95. The first kappa shape index (κ1) is 22.3. The molecular formula is C19H24N4O5S. The summed E-state index contributed by atoms with van der Waals surface area (Å²) in [7, 11) is -0.494. The number of nitrogens with zero attached hydrogens (tertiary/aromatic N) is 1. The van der Waals surface area contributed by atoms with E-state index in [1.54, 1.807) is 55.5 Å². The molecule has 2 aromatic rings. The third kappa shape index (κ3) is 6.56. The molecule has 1 atom stereocenters. The van der Waals surface area contributed by atoms with E-state index < -0.39 is 22.0 Å². The molecule has 0 aliphatic carbocycles. The zero-order valence-electron chi connectivity index (χ0n) is 16.4. The molecule has 3 amide bonds. The molecule has 0 heterocycles. The summed E-state index contributed by atoms with van der Waals surface area (Å²) in [5, 5.41) is 9.92. The third-order valence-corrected chi connectivity index (χ3v) is 5.28. The van der Waals surface area contributed by atoms with Crippen LogP contribution in [-0.2, 0) is 14.8 Å². The van der Waals surface area contributed by atoms with E-state index in [0.29, 0.717) is 11.4 Å². The van der Waals surface area contributed by atoms with Gasteiger partial charge in [0.2, 0.25) is 15.9 Å². The van der Waals surface area contributed by atoms with Crippen molar-refractivity contribution in [2.45, 2.75) is 17.9 Å². The van der Waals surface area contributed by atoms with Gasteiger partial charge in [-0.3, -0.25) is 15.0 Å². The highest BCUT2D eigenvalue weighted by atomic mass is 32.2. The van der Waals surface area contributed by atoms with Crippen molar-refractivity contribution < 1.29 is 22.7 Å². The number of amides is 3. The predicted molar refractivity (Wildman–Crippen MR) is 109 cm³/mol. The van der Waals surface area contributed by atoms with Crippen LogP contribution in [-0.4, -0.2) is 46.0 Å². The van der Waals surface area contributed by atoms with Gasteiger partial charge in [0.15, 0.2) is 0 Å². The van der Waals surface area contributed by atoms with Crippen molar-refractivity contribution in [2.75, 3.05) is 26.0 Å². The van der Waals surface area contributed by atoms with Crippen molar-refractivity contribution in [3.05, 3.63) is 54.1 Å². The number of ether oxygens (including phenoxy) is 1. The highest BCUT2D eigenvalue weighted by molar-refractivity contribution is 7.89. The summed E-state index contributed by atoms with van der Waals surface area (Å²) in [6.07, 6.45) is 0. The molecule has 0 saturated carbocycles. The number of methoxy groups -OCH3 is 1. The second kappa shape index (κ2) is 9.50. The highest BCUT2D eigenvalue weighted by Gasteiger charge is 2.17. The number of likely N-dealkylation sites (N-methyl/N-ethyl adjacent to an activating group) is 1. The number of sulfonamides is 1. The molecule has 10 heteroatoms. The van der Waals surface area contributed by atoms with Crippen LogP contribution in [0.25, 0.3) is 0 Å². The molecule has 4 N–H and O–H groups in total. The minimum atomic E-state index is -3.76. The van der Waals surface area contributed by atoms with Crippen LogP contribution < -0.4 is 20.5 Å². The molecule has 0 fully saturated rings. The Morgan fingerprint density at radius 1 is 1.10 bits per heavy atom. The number of carbonyl (C=O) groups excluding carboxylic acids is 2. The number of primary sulfonamides is 1. The van der Waals surface area contributed by atoms with Gasteiger partial charge in [-0.2, -0.15) is 0 Å². The second-order valence-electron chi connectivity index (χ2n) is 6.44. The standard InChI is InChI=1S/C19H24N4O5S/c1-13(14-4-10-17(11-5-14)29(20,26)27)23(2)12-18(24)22-19(25)21-15-6-8-16(28-3)9-7-15/h4-11,13H,12H2,1-3H3,(H2,20,26,27)(H2,21,22,24,25). The van der Waals surface area contributed by atoms with E-state index in [9.17, 15) is 18.0 Å². The van der Waals surface area contributed by atoms with Crippen LogP contribution in [0.4, 0.5) is 10.5 Å². The lowest BCUT2D eigenvalue weighted by atomic mass is 10.1. The van der Waals surface area contributed by atoms with E-state index >= 15 is 0 Å². The van der Waals surface area contributed by atoms with E-state index in [1.807, 2.05) is 6.92 Å². The van der Waals surface area contributed by atoms with Crippen LogP contribution in [0.2, 0.25) is 0 Å². The van der Waals surface area contributed by atoms with E-state index in [0.717, 1.165) is 5.56 Å². The monoisotopic (exact) mass is 420 g/mol. The fourth-order valence-corrected chi connectivity index (χ4v) is 3.07. The largest absolute Gasteiger partial charge is 0.497 e. The zero-order chi connectivity index (χ0) is 21.6. The Bertz CT molecular complexity index is 959. The second-order valence-corrected chi connectivity index (χ2v) is 8.00. The summed E-state index contributed by atoms with van der Waals surface area (Å²) < 4.78 is 27.7. The Morgan fingerprint density at radius 3 is 2.21 bits per heavy atom. The molecule has 0 spiro atoms. The van der Waals surface area contributed by atoms with E-state index in [-0.39, 0.29) is 17.5 Å². The number of nitrogens with one attached hydrogen (secondary N) is 2. The number of carbonyl (C=O) groups is 2. The van der Waals surface area contributed by atoms with Crippen molar-refractivity contribution in [3.63, 3.8) is 0 Å². The van der Waals surface area contributed by atoms with Crippen molar-refractivity contribution >= 4 is 27.6 Å². The smallest absolute Gasteiger partial charge is 0.325 e. The average molecular weight is 420 g/mol. The number of anilines is 1. The van der Waals surface area contributed by atoms with E-state index in [1.165, 1.54) is 12.1 Å². The van der Waals surface area contributed by atoms with Crippen LogP contribution in [0.5, 0.6) is 5.75 Å². The van der Waals surface area contributed by atoms with Crippen molar-refractivity contribution in [1.82, 2.24) is 10.2 Å². The van der Waals surface area contributed by atoms with Gasteiger partial charge in [-0.25, -0.2) is 18.4 Å². The first-order chi connectivity index (χ1) is 13.6. The molecule has 9 nitrogen and oxygen atoms in total. The molecule has 0 radical (unpaired) electrons. The van der Waals surface area contributed by atoms with Crippen LogP contribution >= 0.6 is 0 Å². The quantitative estimate of drug-likeness (QED) is 0.625. The van der Waals surface area contributed by atoms with Gasteiger partial charge in [0.25, 0.3) is 0 Å². The topological polar surface area (TPSA) is 131 Å². The first-order valence-electron chi connectivity index (χ1n) is 8.68. The maximum Gasteiger partial charge on any atom is 0.325 e. The maximum atomic E-state index is 12.1. The summed E-state index contributed by atoms with van der Waals surface area (Å²) >= 11 is 0. The number of urea groups is 1. The average Bonchev–Trinajstić information content (AvgIpc) is 2.67. The van der Waals surface area contributed by atoms with Gasteiger partial charge in [0.05, 0.1) is 18.6 Å². The Balaban J connectivity index is 1.89. The number of rotatable bonds is 7. The summed E-state index contributed by atoms with van der Waals surface area (Å²) in [6.45, 7) is 1.82. The van der Waals surface area contributed by atoms with E-state index in [4.69, 9.17) is 9.88 Å². The minimum absolute atomic E-state index is 0.0176. The van der Waals surface area contributed by atoms with Crippen LogP contribution in [0.3, 0.4) is 0 Å². The van der Waals surface area contributed by atoms with Gasteiger partial charge in [-0.1, -0.05) is 12.1 Å². The highest BCUT2D eigenvalue weighted by Crippen LogP contribution is 2.20. The lowest BCUT2D eigenvalue weighted by Crippen LogP contribution is -2.41. The van der Waals surface area contributed by atoms with Crippen molar-refractivity contribution in [2.24, 2.45) is 5.14 Å². The summed E-state index contributed by atoms with van der Waals surface area (Å²) in [6, 6.07) is 11.9. The number of hydrogen-bond acceptors (Lipinski definition) is 6. The molecule has 1 unspecified atom stereocenters. The summed E-state index contributed by atoms with van der Waals surface area (Å²) in [4.78, 5) is 25.9. The van der Waals surface area contributed by atoms with Gasteiger partial charge in [-0.05, 0) is 55.9 Å². The predicted octanol–water partition coefficient (Wildman–Crippen LogP) is 1.68. The SMILES string of the molecule is COc1ccc(NC(=O)NC(=O)CN(C)C(C)c2ccc(S(N)(=O)=O)cc2)cc1. The molecule has 0 aliphatic rings. The van der Waals surface area contributed by atoms with Crippen LogP contribution in [0.1, 0.15) is 18.5 Å². The lowest BCUT2D eigenvalue weighted by Gasteiger charge is -2.24.